The molecule has 0 saturated carbocycles. The largest absolute Gasteiger partial charge is 0.456 e. The zero-order valence-corrected chi connectivity index (χ0v) is 33.2. The molecule has 0 aliphatic heterocycles. The highest BCUT2D eigenvalue weighted by Gasteiger charge is 2.20. The second kappa shape index (κ2) is 14.3. The first-order valence-electron chi connectivity index (χ1n) is 20.8. The normalized spacial score (nSPS) is 11.7. The topological polar surface area (TPSA) is 32.8 Å². The number of nitrogens with zero attached hydrogens (tertiary/aromatic N) is 2. The first-order valence-corrected chi connectivity index (χ1v) is 20.8. The summed E-state index contributed by atoms with van der Waals surface area (Å²) in [5.74, 6) is 0. The van der Waals surface area contributed by atoms with E-state index in [1.807, 2.05) is 24.3 Å². The van der Waals surface area contributed by atoms with Crippen LogP contribution in [0.2, 0.25) is 0 Å². The van der Waals surface area contributed by atoms with E-state index in [-0.39, 0.29) is 0 Å². The van der Waals surface area contributed by atoms with Crippen molar-refractivity contribution in [3.05, 3.63) is 224 Å². The minimum absolute atomic E-state index is 0.652. The molecular weight excluding hydrogens is 745 g/mol. The summed E-state index contributed by atoms with van der Waals surface area (Å²) in [6.45, 7) is 0.652. The maximum absolute atomic E-state index is 6.32. The molecule has 2 heterocycles. The molecule has 2 aromatic heterocycles. The van der Waals surface area contributed by atoms with Gasteiger partial charge in [0.2, 0.25) is 0 Å². The van der Waals surface area contributed by atoms with E-state index < -0.39 is 0 Å². The Kier molecular flexibility index (Phi) is 8.20. The van der Waals surface area contributed by atoms with E-state index in [9.17, 15) is 0 Å². The summed E-state index contributed by atoms with van der Waals surface area (Å²) in [6, 6.07) is 78.0. The quantitative estimate of drug-likeness (QED) is 0.144. The molecular formula is C57H38N2O2. The van der Waals surface area contributed by atoms with Gasteiger partial charge in [0.05, 0.1) is 0 Å². The van der Waals surface area contributed by atoms with Crippen molar-refractivity contribution in [2.75, 3.05) is 9.80 Å². The fraction of sp³-hybridized carbons (Fsp3) is 0.0175. The van der Waals surface area contributed by atoms with Crippen LogP contribution in [0.5, 0.6) is 0 Å². The molecule has 12 rings (SSSR count). The zero-order valence-electron chi connectivity index (χ0n) is 33.2. The Morgan fingerprint density at radius 2 is 0.852 bits per heavy atom. The Hall–Kier alpha value is -8.08. The molecule has 0 fully saturated rings. The Bertz CT molecular complexity index is 3590. The van der Waals surface area contributed by atoms with Gasteiger partial charge in [-0.3, -0.25) is 0 Å². The van der Waals surface area contributed by atoms with Crippen LogP contribution >= 0.6 is 0 Å². The van der Waals surface area contributed by atoms with Crippen molar-refractivity contribution in [3.63, 3.8) is 0 Å². The first kappa shape index (κ1) is 34.9. The molecule has 4 heteroatoms. The van der Waals surface area contributed by atoms with Crippen LogP contribution in [0, 0.1) is 0 Å². The maximum Gasteiger partial charge on any atom is 0.136 e. The lowest BCUT2D eigenvalue weighted by Crippen LogP contribution is -2.18. The number of rotatable bonds is 8. The van der Waals surface area contributed by atoms with Gasteiger partial charge in [-0.15, -0.1) is 0 Å². The molecule has 0 saturated heterocycles. The van der Waals surface area contributed by atoms with Gasteiger partial charge in [-0.1, -0.05) is 133 Å². The number of furan rings is 2. The SMILES string of the molecule is c1ccc(-c2ccccc2CN(c2cccc(N(c3ccccc3)c3ccc4oc5ccccc5c4c3)c2)c2ccc3ccc4cc5oc6ccccc6c5cc4c3c2)cc1. The Balaban J connectivity index is 1.05. The molecule has 0 bridgehead atoms. The third kappa shape index (κ3) is 6.08. The Morgan fingerprint density at radius 3 is 1.67 bits per heavy atom. The highest BCUT2D eigenvalue weighted by atomic mass is 16.3. The minimum Gasteiger partial charge on any atom is -0.456 e. The van der Waals surface area contributed by atoms with Crippen LogP contribution < -0.4 is 9.80 Å². The second-order valence-corrected chi connectivity index (χ2v) is 15.7. The van der Waals surface area contributed by atoms with Gasteiger partial charge in [0.25, 0.3) is 0 Å². The molecule has 0 radical (unpaired) electrons. The average Bonchev–Trinajstić information content (AvgIpc) is 3.88. The van der Waals surface area contributed by atoms with Crippen molar-refractivity contribution in [3.8, 4) is 11.1 Å². The van der Waals surface area contributed by atoms with Crippen LogP contribution in [-0.2, 0) is 6.54 Å². The van der Waals surface area contributed by atoms with Crippen LogP contribution in [0.25, 0.3) is 76.5 Å². The third-order valence-corrected chi connectivity index (χ3v) is 12.1. The van der Waals surface area contributed by atoms with Gasteiger partial charge < -0.3 is 18.6 Å². The van der Waals surface area contributed by atoms with Crippen LogP contribution in [0.1, 0.15) is 5.56 Å². The molecule has 10 aromatic carbocycles. The van der Waals surface area contributed by atoms with E-state index in [0.29, 0.717) is 6.54 Å². The van der Waals surface area contributed by atoms with E-state index in [1.165, 1.54) is 32.8 Å². The maximum atomic E-state index is 6.32. The number of para-hydroxylation sites is 3. The number of fused-ring (bicyclic) bond motifs is 9. The van der Waals surface area contributed by atoms with Crippen molar-refractivity contribution in [1.82, 2.24) is 0 Å². The van der Waals surface area contributed by atoms with Crippen molar-refractivity contribution in [1.29, 1.82) is 0 Å². The predicted octanol–water partition coefficient (Wildman–Crippen LogP) is 16.3. The van der Waals surface area contributed by atoms with Crippen LogP contribution in [0.4, 0.5) is 28.4 Å². The van der Waals surface area contributed by atoms with E-state index in [1.54, 1.807) is 0 Å². The van der Waals surface area contributed by atoms with Crippen molar-refractivity contribution >= 4 is 93.9 Å². The van der Waals surface area contributed by atoms with Gasteiger partial charge in [-0.2, -0.15) is 0 Å². The molecule has 288 valence electrons. The summed E-state index contributed by atoms with van der Waals surface area (Å²) >= 11 is 0. The highest BCUT2D eigenvalue weighted by Crippen LogP contribution is 2.42. The van der Waals surface area contributed by atoms with Crippen LogP contribution in [0.15, 0.2) is 227 Å². The van der Waals surface area contributed by atoms with Crippen LogP contribution in [-0.4, -0.2) is 0 Å². The first-order chi connectivity index (χ1) is 30.2. The molecule has 61 heavy (non-hydrogen) atoms. The number of hydrogen-bond donors (Lipinski definition) is 0. The molecule has 0 aliphatic carbocycles. The lowest BCUT2D eigenvalue weighted by Gasteiger charge is -2.30. The molecule has 0 unspecified atom stereocenters. The molecule has 0 amide bonds. The zero-order chi connectivity index (χ0) is 40.3. The van der Waals surface area contributed by atoms with Crippen molar-refractivity contribution < 1.29 is 8.83 Å². The van der Waals surface area contributed by atoms with Crippen molar-refractivity contribution in [2.24, 2.45) is 0 Å². The molecule has 0 aliphatic rings. The fourth-order valence-corrected chi connectivity index (χ4v) is 9.17. The van der Waals surface area contributed by atoms with Gasteiger partial charge in [0.15, 0.2) is 0 Å². The van der Waals surface area contributed by atoms with Gasteiger partial charge in [0, 0.05) is 56.5 Å². The lowest BCUT2D eigenvalue weighted by atomic mass is 9.97. The lowest BCUT2D eigenvalue weighted by molar-refractivity contribution is 0.668. The van der Waals surface area contributed by atoms with Crippen molar-refractivity contribution in [2.45, 2.75) is 6.54 Å². The molecule has 0 atom stereocenters. The average molecular weight is 783 g/mol. The van der Waals surface area contributed by atoms with E-state index >= 15 is 0 Å². The van der Waals surface area contributed by atoms with E-state index in [0.717, 1.165) is 77.7 Å². The standard InChI is InChI=1S/C57H38N2O2/c1-3-14-38(15-4-1)47-21-8-7-16-41(47)37-58(44-29-28-39-26-27-40-32-57-53(36-51(40)50(39)34-44)49-23-10-12-25-55(49)61-57)43-19-13-20-45(33-43)59(42-17-5-2-6-18-42)46-30-31-56-52(35-46)48-22-9-11-24-54(48)60-56/h1-36H,37H2. The fourth-order valence-electron chi connectivity index (χ4n) is 9.17. The number of hydrogen-bond acceptors (Lipinski definition) is 4. The molecule has 12 aromatic rings. The predicted molar refractivity (Wildman–Crippen MR) is 255 cm³/mol. The third-order valence-electron chi connectivity index (χ3n) is 12.1. The monoisotopic (exact) mass is 782 g/mol. The molecule has 0 N–H and O–H groups in total. The highest BCUT2D eigenvalue weighted by molar-refractivity contribution is 6.17. The molecule has 4 nitrogen and oxygen atoms in total. The van der Waals surface area contributed by atoms with Crippen LogP contribution in [0.3, 0.4) is 0 Å². The number of anilines is 5. The van der Waals surface area contributed by atoms with Gasteiger partial charge in [-0.25, -0.2) is 0 Å². The van der Waals surface area contributed by atoms with Gasteiger partial charge >= 0.3 is 0 Å². The van der Waals surface area contributed by atoms with Gasteiger partial charge in [-0.05, 0) is 123 Å². The summed E-state index contributed by atoms with van der Waals surface area (Å²) in [7, 11) is 0. The minimum atomic E-state index is 0.652. The number of benzene rings is 10. The Morgan fingerprint density at radius 1 is 0.311 bits per heavy atom. The second-order valence-electron chi connectivity index (χ2n) is 15.7. The summed E-state index contributed by atoms with van der Waals surface area (Å²) in [5.41, 5.74) is 12.6. The summed E-state index contributed by atoms with van der Waals surface area (Å²) in [6.07, 6.45) is 0. The Labute approximate surface area is 352 Å². The summed E-state index contributed by atoms with van der Waals surface area (Å²) in [5, 5.41) is 9.21. The summed E-state index contributed by atoms with van der Waals surface area (Å²) in [4.78, 5) is 4.81. The van der Waals surface area contributed by atoms with E-state index in [4.69, 9.17) is 8.83 Å². The van der Waals surface area contributed by atoms with Gasteiger partial charge in [0.1, 0.15) is 22.3 Å². The summed E-state index contributed by atoms with van der Waals surface area (Å²) < 4.78 is 12.6. The molecule has 0 spiro atoms. The van der Waals surface area contributed by atoms with E-state index in [2.05, 4.69) is 204 Å². The smallest absolute Gasteiger partial charge is 0.136 e.